The third-order valence-electron chi connectivity index (χ3n) is 3.87. The Labute approximate surface area is 167 Å². The van der Waals surface area contributed by atoms with Crippen molar-refractivity contribution in [2.45, 2.75) is 13.8 Å². The maximum absolute atomic E-state index is 12.3. The van der Waals surface area contributed by atoms with Gasteiger partial charge in [0.2, 0.25) is 0 Å². The van der Waals surface area contributed by atoms with E-state index in [2.05, 4.69) is 10.6 Å². The molecule has 1 aliphatic rings. The third kappa shape index (κ3) is 4.96. The molecule has 0 saturated carbocycles. The summed E-state index contributed by atoms with van der Waals surface area (Å²) in [6.45, 7) is 3.77. The summed E-state index contributed by atoms with van der Waals surface area (Å²) in [5.41, 5.74) is 3.53. The lowest BCUT2D eigenvalue weighted by Crippen LogP contribution is -2.21. The Morgan fingerprint density at radius 3 is 2.78 bits per heavy atom. The molecule has 7 heteroatoms. The lowest BCUT2D eigenvalue weighted by atomic mass is 10.1. The van der Waals surface area contributed by atoms with Crippen LogP contribution in [-0.2, 0) is 9.59 Å². The summed E-state index contributed by atoms with van der Waals surface area (Å²) in [7, 11) is 0. The normalized spacial score (nSPS) is 15.0. The van der Waals surface area contributed by atoms with Crippen LogP contribution in [-0.4, -0.2) is 22.7 Å². The van der Waals surface area contributed by atoms with E-state index in [1.54, 1.807) is 12.1 Å². The van der Waals surface area contributed by atoms with Crippen molar-refractivity contribution in [2.75, 3.05) is 11.9 Å². The van der Waals surface area contributed by atoms with E-state index in [0.717, 1.165) is 16.8 Å². The summed E-state index contributed by atoms with van der Waals surface area (Å²) in [6, 6.07) is 13.1. The molecule has 1 saturated heterocycles. The first-order valence-electron chi connectivity index (χ1n) is 8.26. The number of para-hydroxylation sites is 1. The summed E-state index contributed by atoms with van der Waals surface area (Å²) in [6.07, 6.45) is 1.71. The SMILES string of the molecule is Cc1ccc(C)c(NC(=O)COc2ccccc2/C=C2\SC(=S)NC2=O)c1. The third-order valence-corrected chi connectivity index (χ3v) is 5.04. The van der Waals surface area contributed by atoms with E-state index < -0.39 is 0 Å². The van der Waals surface area contributed by atoms with E-state index in [1.165, 1.54) is 11.8 Å². The van der Waals surface area contributed by atoms with Crippen LogP contribution in [0.25, 0.3) is 6.08 Å². The van der Waals surface area contributed by atoms with Gasteiger partial charge in [0, 0.05) is 11.3 Å². The molecule has 1 heterocycles. The van der Waals surface area contributed by atoms with E-state index in [0.29, 0.717) is 20.5 Å². The Bertz CT molecular complexity index is 954. The summed E-state index contributed by atoms with van der Waals surface area (Å²) in [5, 5.41) is 5.44. The Kier molecular flexibility index (Phi) is 5.93. The molecule has 2 aromatic rings. The van der Waals surface area contributed by atoms with Crippen LogP contribution in [0.5, 0.6) is 5.75 Å². The molecular weight excluding hydrogens is 380 g/mol. The van der Waals surface area contributed by atoms with Crippen LogP contribution >= 0.6 is 24.0 Å². The zero-order valence-corrected chi connectivity index (χ0v) is 16.5. The Morgan fingerprint density at radius 2 is 2.04 bits per heavy atom. The molecule has 2 N–H and O–H groups in total. The Morgan fingerprint density at radius 1 is 1.26 bits per heavy atom. The number of hydrogen-bond donors (Lipinski definition) is 2. The number of amides is 2. The number of nitrogens with one attached hydrogen (secondary N) is 2. The Balaban J connectivity index is 1.69. The lowest BCUT2D eigenvalue weighted by molar-refractivity contribution is -0.118. The van der Waals surface area contributed by atoms with Gasteiger partial charge in [0.1, 0.15) is 10.1 Å². The molecule has 0 radical (unpaired) electrons. The highest BCUT2D eigenvalue weighted by atomic mass is 32.2. The molecule has 5 nitrogen and oxygen atoms in total. The highest BCUT2D eigenvalue weighted by Crippen LogP contribution is 2.29. The molecule has 3 rings (SSSR count). The zero-order chi connectivity index (χ0) is 19.4. The van der Waals surface area contributed by atoms with Gasteiger partial charge in [-0.2, -0.15) is 0 Å². The maximum Gasteiger partial charge on any atom is 0.263 e. The molecule has 2 amide bonds. The number of anilines is 1. The smallest absolute Gasteiger partial charge is 0.263 e. The predicted molar refractivity (Wildman–Crippen MR) is 113 cm³/mol. The molecule has 0 atom stereocenters. The molecule has 0 aliphatic carbocycles. The molecular formula is C20H18N2O3S2. The van der Waals surface area contributed by atoms with Crippen molar-refractivity contribution in [3.63, 3.8) is 0 Å². The monoisotopic (exact) mass is 398 g/mol. The average molecular weight is 399 g/mol. The summed E-state index contributed by atoms with van der Waals surface area (Å²) in [4.78, 5) is 24.6. The van der Waals surface area contributed by atoms with Crippen molar-refractivity contribution in [3.05, 3.63) is 64.1 Å². The van der Waals surface area contributed by atoms with Crippen LogP contribution in [0.15, 0.2) is 47.4 Å². The summed E-state index contributed by atoms with van der Waals surface area (Å²) >= 11 is 6.20. The van der Waals surface area contributed by atoms with E-state index in [-0.39, 0.29) is 18.4 Å². The van der Waals surface area contributed by atoms with Crippen LogP contribution in [0.2, 0.25) is 0 Å². The van der Waals surface area contributed by atoms with E-state index in [9.17, 15) is 9.59 Å². The first kappa shape index (κ1) is 19.1. The zero-order valence-electron chi connectivity index (χ0n) is 14.9. The number of hydrogen-bond acceptors (Lipinski definition) is 5. The first-order chi connectivity index (χ1) is 12.9. The van der Waals surface area contributed by atoms with Gasteiger partial charge in [-0.3, -0.25) is 9.59 Å². The second kappa shape index (κ2) is 8.37. The minimum Gasteiger partial charge on any atom is -0.483 e. The Hall–Kier alpha value is -2.64. The van der Waals surface area contributed by atoms with Crippen molar-refractivity contribution < 1.29 is 14.3 Å². The number of ether oxygens (including phenoxy) is 1. The standard InChI is InChI=1S/C20H18N2O3S2/c1-12-7-8-13(2)15(9-12)21-18(23)11-25-16-6-4-3-5-14(16)10-17-19(24)22-20(26)27-17/h3-10H,11H2,1-2H3,(H,21,23)(H,22,24,26)/b17-10-. The highest BCUT2D eigenvalue weighted by molar-refractivity contribution is 8.26. The number of benzene rings is 2. The number of rotatable bonds is 5. The molecule has 0 bridgehead atoms. The molecule has 2 aromatic carbocycles. The van der Waals surface area contributed by atoms with Gasteiger partial charge in [0.25, 0.3) is 11.8 Å². The molecule has 0 spiro atoms. The quantitative estimate of drug-likeness (QED) is 0.592. The lowest BCUT2D eigenvalue weighted by Gasteiger charge is -2.12. The van der Waals surface area contributed by atoms with Gasteiger partial charge < -0.3 is 15.4 Å². The van der Waals surface area contributed by atoms with Gasteiger partial charge in [-0.15, -0.1) is 0 Å². The largest absolute Gasteiger partial charge is 0.483 e. The topological polar surface area (TPSA) is 67.4 Å². The fourth-order valence-electron chi connectivity index (χ4n) is 2.49. The van der Waals surface area contributed by atoms with Crippen molar-refractivity contribution in [2.24, 2.45) is 0 Å². The van der Waals surface area contributed by atoms with Gasteiger partial charge in [0.05, 0.1) is 4.91 Å². The van der Waals surface area contributed by atoms with Crippen molar-refractivity contribution in [1.82, 2.24) is 5.32 Å². The van der Waals surface area contributed by atoms with Crippen molar-refractivity contribution in [1.29, 1.82) is 0 Å². The minimum absolute atomic E-state index is 0.134. The van der Waals surface area contributed by atoms with Crippen LogP contribution in [0.4, 0.5) is 5.69 Å². The van der Waals surface area contributed by atoms with E-state index in [1.807, 2.05) is 50.2 Å². The van der Waals surface area contributed by atoms with Gasteiger partial charge in [0.15, 0.2) is 6.61 Å². The number of thiocarbonyl (C=S) groups is 1. The molecule has 1 fully saturated rings. The number of carbonyl (C=O) groups excluding carboxylic acids is 2. The van der Waals surface area contributed by atoms with Gasteiger partial charge in [-0.1, -0.05) is 54.3 Å². The number of thioether (sulfide) groups is 1. The van der Waals surface area contributed by atoms with Gasteiger partial charge in [-0.05, 0) is 43.2 Å². The molecule has 0 unspecified atom stereocenters. The summed E-state index contributed by atoms with van der Waals surface area (Å²) in [5.74, 6) is 0.0418. The van der Waals surface area contributed by atoms with Crippen molar-refractivity contribution in [3.8, 4) is 5.75 Å². The fourth-order valence-corrected chi connectivity index (χ4v) is 3.53. The average Bonchev–Trinajstić information content (AvgIpc) is 2.94. The summed E-state index contributed by atoms with van der Waals surface area (Å²) < 4.78 is 6.11. The second-order valence-corrected chi connectivity index (χ2v) is 7.76. The molecule has 27 heavy (non-hydrogen) atoms. The molecule has 0 aromatic heterocycles. The van der Waals surface area contributed by atoms with Crippen LogP contribution < -0.4 is 15.4 Å². The number of aryl methyl sites for hydroxylation is 2. The predicted octanol–water partition coefficient (Wildman–Crippen LogP) is 3.81. The van der Waals surface area contributed by atoms with Crippen LogP contribution in [0.3, 0.4) is 0 Å². The van der Waals surface area contributed by atoms with E-state index >= 15 is 0 Å². The van der Waals surface area contributed by atoms with Gasteiger partial charge >= 0.3 is 0 Å². The van der Waals surface area contributed by atoms with Crippen LogP contribution in [0.1, 0.15) is 16.7 Å². The minimum atomic E-state index is -0.250. The van der Waals surface area contributed by atoms with Gasteiger partial charge in [-0.25, -0.2) is 0 Å². The highest BCUT2D eigenvalue weighted by Gasteiger charge is 2.22. The molecule has 1 aliphatic heterocycles. The van der Waals surface area contributed by atoms with E-state index in [4.69, 9.17) is 17.0 Å². The fraction of sp³-hybridized carbons (Fsp3) is 0.150. The number of carbonyl (C=O) groups is 2. The van der Waals surface area contributed by atoms with Crippen molar-refractivity contribution >= 4 is 51.9 Å². The first-order valence-corrected chi connectivity index (χ1v) is 9.48. The second-order valence-electron chi connectivity index (χ2n) is 6.05. The van der Waals surface area contributed by atoms with Crippen LogP contribution in [0, 0.1) is 13.8 Å². The maximum atomic E-state index is 12.3. The molecule has 138 valence electrons.